The largest absolute Gasteiger partial charge is 0.468 e. The zero-order valence-electron chi connectivity index (χ0n) is 17.6. The number of amides is 1. The van der Waals surface area contributed by atoms with Crippen molar-refractivity contribution in [3.63, 3.8) is 0 Å². The highest BCUT2D eigenvalue weighted by Gasteiger charge is 2.01. The molecule has 4 heteroatoms. The lowest BCUT2D eigenvalue weighted by Crippen LogP contribution is -2.34. The van der Waals surface area contributed by atoms with Crippen LogP contribution in [0.2, 0.25) is 0 Å². The van der Waals surface area contributed by atoms with Gasteiger partial charge in [-0.3, -0.25) is 4.79 Å². The highest BCUT2D eigenvalue weighted by atomic mass is 16.3. The Balaban J connectivity index is 1.73. The van der Waals surface area contributed by atoms with Crippen LogP contribution < -0.4 is 10.6 Å². The van der Waals surface area contributed by atoms with E-state index in [4.69, 9.17) is 4.42 Å². The van der Waals surface area contributed by atoms with Crippen LogP contribution in [0.15, 0.2) is 22.8 Å². The molecule has 0 saturated heterocycles. The maximum Gasteiger partial charge on any atom is 0.233 e. The van der Waals surface area contributed by atoms with Gasteiger partial charge in [-0.25, -0.2) is 0 Å². The quantitative estimate of drug-likeness (QED) is 0.292. The Hall–Kier alpha value is -1.29. The Morgan fingerprint density at radius 2 is 1.41 bits per heavy atom. The molecule has 0 radical (unpaired) electrons. The summed E-state index contributed by atoms with van der Waals surface area (Å²) in [5, 5.41) is 6.06. The summed E-state index contributed by atoms with van der Waals surface area (Å²) in [6, 6.07) is 3.76. The summed E-state index contributed by atoms with van der Waals surface area (Å²) in [7, 11) is 0. The van der Waals surface area contributed by atoms with E-state index in [1.54, 1.807) is 6.26 Å². The van der Waals surface area contributed by atoms with Gasteiger partial charge in [0.05, 0.1) is 19.4 Å². The highest BCUT2D eigenvalue weighted by Crippen LogP contribution is 2.12. The third kappa shape index (κ3) is 15.5. The van der Waals surface area contributed by atoms with E-state index in [1.807, 2.05) is 12.1 Å². The fourth-order valence-electron chi connectivity index (χ4n) is 3.32. The summed E-state index contributed by atoms with van der Waals surface area (Å²) < 4.78 is 5.21. The molecular formula is C23H42N2O2. The molecule has 4 nitrogen and oxygen atoms in total. The van der Waals surface area contributed by atoms with Crippen molar-refractivity contribution in [2.24, 2.45) is 0 Å². The fraction of sp³-hybridized carbons (Fsp3) is 0.783. The van der Waals surface area contributed by atoms with E-state index >= 15 is 0 Å². The molecule has 156 valence electrons. The second kappa shape index (κ2) is 18.1. The van der Waals surface area contributed by atoms with Crippen LogP contribution in [0.5, 0.6) is 0 Å². The molecule has 0 fully saturated rings. The first-order chi connectivity index (χ1) is 13.3. The molecule has 1 amide bonds. The predicted molar refractivity (Wildman–Crippen MR) is 114 cm³/mol. The lowest BCUT2D eigenvalue weighted by molar-refractivity contribution is -0.120. The first-order valence-electron chi connectivity index (χ1n) is 11.3. The molecule has 0 aliphatic rings. The number of rotatable bonds is 19. The molecular weight excluding hydrogens is 336 g/mol. The number of hydrogen-bond donors (Lipinski definition) is 2. The topological polar surface area (TPSA) is 54.3 Å². The van der Waals surface area contributed by atoms with Crippen molar-refractivity contribution in [1.29, 1.82) is 0 Å². The summed E-state index contributed by atoms with van der Waals surface area (Å²) in [4.78, 5) is 11.7. The third-order valence-corrected chi connectivity index (χ3v) is 5.02. The molecule has 0 aliphatic heterocycles. The Morgan fingerprint density at radius 3 is 1.93 bits per heavy atom. The molecule has 2 N–H and O–H groups in total. The Bertz CT molecular complexity index is 432. The lowest BCUT2D eigenvalue weighted by Gasteiger charge is -2.06. The van der Waals surface area contributed by atoms with Crippen LogP contribution in [0.25, 0.3) is 0 Å². The van der Waals surface area contributed by atoms with Crippen LogP contribution in [-0.4, -0.2) is 19.0 Å². The monoisotopic (exact) mass is 378 g/mol. The number of carbonyl (C=O) groups is 1. The summed E-state index contributed by atoms with van der Waals surface area (Å²) >= 11 is 0. The standard InChI is InChI=1S/C23H42N2O2/c1-2-3-4-5-6-7-8-9-10-11-12-13-14-15-18-25-23(26)21-24-20-22-17-16-19-27-22/h16-17,19,24H,2-15,18,20-21H2,1H3,(H,25,26). The maximum atomic E-state index is 11.7. The first-order valence-corrected chi connectivity index (χ1v) is 11.3. The molecule has 0 bridgehead atoms. The van der Waals surface area contributed by atoms with E-state index in [9.17, 15) is 4.79 Å². The van der Waals surface area contributed by atoms with Crippen molar-refractivity contribution in [3.05, 3.63) is 24.2 Å². The smallest absolute Gasteiger partial charge is 0.233 e. The van der Waals surface area contributed by atoms with Crippen molar-refractivity contribution >= 4 is 5.91 Å². The summed E-state index contributed by atoms with van der Waals surface area (Å²) in [6.07, 6.45) is 20.7. The lowest BCUT2D eigenvalue weighted by atomic mass is 10.0. The highest BCUT2D eigenvalue weighted by molar-refractivity contribution is 5.77. The molecule has 0 atom stereocenters. The third-order valence-electron chi connectivity index (χ3n) is 5.02. The molecule has 1 aromatic rings. The van der Waals surface area contributed by atoms with Crippen LogP contribution in [0.3, 0.4) is 0 Å². The van der Waals surface area contributed by atoms with E-state index in [0.717, 1.165) is 18.7 Å². The number of unbranched alkanes of at least 4 members (excludes halogenated alkanes) is 13. The molecule has 27 heavy (non-hydrogen) atoms. The Labute approximate surface area is 166 Å². The van der Waals surface area contributed by atoms with Crippen LogP contribution in [0, 0.1) is 0 Å². The van der Waals surface area contributed by atoms with Crippen LogP contribution in [-0.2, 0) is 11.3 Å². The normalized spacial score (nSPS) is 11.0. The van der Waals surface area contributed by atoms with E-state index in [1.165, 1.54) is 83.5 Å². The van der Waals surface area contributed by atoms with Gasteiger partial charge in [0.15, 0.2) is 0 Å². The zero-order valence-corrected chi connectivity index (χ0v) is 17.6. The van der Waals surface area contributed by atoms with Gasteiger partial charge in [0.2, 0.25) is 5.91 Å². The minimum atomic E-state index is 0.0660. The van der Waals surface area contributed by atoms with Crippen molar-refractivity contribution in [2.45, 2.75) is 103 Å². The summed E-state index contributed by atoms with van der Waals surface area (Å²) in [5.41, 5.74) is 0. The molecule has 1 rings (SSSR count). The summed E-state index contributed by atoms with van der Waals surface area (Å²) in [5.74, 6) is 0.922. The molecule has 0 unspecified atom stereocenters. The molecule has 0 aromatic carbocycles. The number of furan rings is 1. The molecule has 0 spiro atoms. The Morgan fingerprint density at radius 1 is 0.852 bits per heavy atom. The maximum absolute atomic E-state index is 11.7. The van der Waals surface area contributed by atoms with E-state index in [-0.39, 0.29) is 5.91 Å². The molecule has 1 aromatic heterocycles. The van der Waals surface area contributed by atoms with Crippen molar-refractivity contribution < 1.29 is 9.21 Å². The van der Waals surface area contributed by atoms with E-state index < -0.39 is 0 Å². The van der Waals surface area contributed by atoms with E-state index in [2.05, 4.69) is 17.6 Å². The van der Waals surface area contributed by atoms with E-state index in [0.29, 0.717) is 13.1 Å². The second-order valence-corrected chi connectivity index (χ2v) is 7.63. The minimum Gasteiger partial charge on any atom is -0.468 e. The van der Waals surface area contributed by atoms with Gasteiger partial charge in [-0.05, 0) is 18.6 Å². The van der Waals surface area contributed by atoms with Gasteiger partial charge in [-0.2, -0.15) is 0 Å². The second-order valence-electron chi connectivity index (χ2n) is 7.63. The average molecular weight is 379 g/mol. The van der Waals surface area contributed by atoms with Crippen LogP contribution >= 0.6 is 0 Å². The van der Waals surface area contributed by atoms with Gasteiger partial charge < -0.3 is 15.1 Å². The average Bonchev–Trinajstić information content (AvgIpc) is 3.18. The van der Waals surface area contributed by atoms with Crippen molar-refractivity contribution in [2.75, 3.05) is 13.1 Å². The SMILES string of the molecule is CCCCCCCCCCCCCCCCNC(=O)CNCc1ccco1. The Kier molecular flexibility index (Phi) is 15.9. The predicted octanol–water partition coefficient (Wildman–Crippen LogP) is 5.97. The molecule has 0 aliphatic carbocycles. The summed E-state index contributed by atoms with van der Waals surface area (Å²) in [6.45, 7) is 4.01. The number of nitrogens with one attached hydrogen (secondary N) is 2. The van der Waals surface area contributed by atoms with Crippen molar-refractivity contribution in [3.8, 4) is 0 Å². The minimum absolute atomic E-state index is 0.0660. The van der Waals surface area contributed by atoms with Crippen LogP contribution in [0.4, 0.5) is 0 Å². The zero-order chi connectivity index (χ0) is 19.4. The molecule has 1 heterocycles. The molecule has 0 saturated carbocycles. The van der Waals surface area contributed by atoms with Gasteiger partial charge in [0.25, 0.3) is 0 Å². The van der Waals surface area contributed by atoms with Crippen molar-refractivity contribution in [1.82, 2.24) is 10.6 Å². The fourth-order valence-corrected chi connectivity index (χ4v) is 3.32. The van der Waals surface area contributed by atoms with Crippen LogP contribution in [0.1, 0.15) is 103 Å². The number of hydrogen-bond acceptors (Lipinski definition) is 3. The van der Waals surface area contributed by atoms with Gasteiger partial charge >= 0.3 is 0 Å². The van der Waals surface area contributed by atoms with Gasteiger partial charge in [-0.15, -0.1) is 0 Å². The number of carbonyl (C=O) groups excluding carboxylic acids is 1. The van der Waals surface area contributed by atoms with Gasteiger partial charge in [0.1, 0.15) is 5.76 Å². The van der Waals surface area contributed by atoms with Gasteiger partial charge in [-0.1, -0.05) is 90.4 Å². The van der Waals surface area contributed by atoms with Gasteiger partial charge in [0, 0.05) is 6.54 Å². The first kappa shape index (κ1) is 23.7.